The number of benzene rings is 1. The Morgan fingerprint density at radius 3 is 1.56 bits per heavy atom. The first-order chi connectivity index (χ1) is 7.73. The van der Waals surface area contributed by atoms with Gasteiger partial charge in [-0.1, -0.05) is 0 Å². The number of rotatable bonds is 5. The fourth-order valence-corrected chi connectivity index (χ4v) is 1.45. The van der Waals surface area contributed by atoms with E-state index in [9.17, 15) is 4.79 Å². The lowest BCUT2D eigenvalue weighted by molar-refractivity contribution is 0.111. The minimum atomic E-state index is 0.265. The molecule has 0 spiro atoms. The largest absolute Gasteiger partial charge is 0.493 e. The Bertz CT molecular complexity index is 356. The second kappa shape index (κ2) is 5.25. The van der Waals surface area contributed by atoms with Crippen LogP contribution in [0.5, 0.6) is 23.0 Å². The van der Waals surface area contributed by atoms with E-state index in [-0.39, 0.29) is 5.56 Å². The summed E-state index contributed by atoms with van der Waals surface area (Å²) in [6, 6.07) is 1.60. The van der Waals surface area contributed by atoms with Crippen LogP contribution in [0, 0.1) is 0 Å². The van der Waals surface area contributed by atoms with Crippen LogP contribution >= 0.6 is 0 Å². The molecule has 0 N–H and O–H groups in total. The summed E-state index contributed by atoms with van der Waals surface area (Å²) in [6.07, 6.45) is 0.642. The third-order valence-corrected chi connectivity index (χ3v) is 2.16. The van der Waals surface area contributed by atoms with E-state index in [2.05, 4.69) is 0 Å². The highest BCUT2D eigenvalue weighted by Gasteiger charge is 2.20. The molecule has 1 aromatic carbocycles. The fraction of sp³-hybridized carbons (Fsp3) is 0.364. The second-order valence-electron chi connectivity index (χ2n) is 2.88. The molecule has 5 nitrogen and oxygen atoms in total. The molecule has 0 fully saturated rings. The lowest BCUT2D eigenvalue weighted by atomic mass is 10.1. The predicted molar refractivity (Wildman–Crippen MR) is 58.0 cm³/mol. The van der Waals surface area contributed by atoms with Crippen molar-refractivity contribution in [1.82, 2.24) is 0 Å². The zero-order valence-corrected chi connectivity index (χ0v) is 9.70. The van der Waals surface area contributed by atoms with Crippen molar-refractivity contribution in [3.8, 4) is 23.0 Å². The summed E-state index contributed by atoms with van der Waals surface area (Å²) in [5.74, 6) is 1.50. The van der Waals surface area contributed by atoms with Crippen molar-refractivity contribution in [2.24, 2.45) is 0 Å². The number of aldehydes is 1. The van der Waals surface area contributed by atoms with E-state index in [4.69, 9.17) is 18.9 Å². The van der Waals surface area contributed by atoms with E-state index in [0.29, 0.717) is 29.3 Å². The summed E-state index contributed by atoms with van der Waals surface area (Å²) in [5, 5.41) is 0. The van der Waals surface area contributed by atoms with Crippen LogP contribution in [-0.4, -0.2) is 34.7 Å². The Labute approximate surface area is 93.9 Å². The van der Waals surface area contributed by atoms with Crippen LogP contribution in [0.1, 0.15) is 10.4 Å². The van der Waals surface area contributed by atoms with Gasteiger partial charge in [-0.15, -0.1) is 0 Å². The third kappa shape index (κ3) is 1.88. The number of ether oxygens (including phenoxy) is 4. The summed E-state index contributed by atoms with van der Waals surface area (Å²) >= 11 is 0. The first kappa shape index (κ1) is 12.2. The van der Waals surface area contributed by atoms with E-state index in [1.165, 1.54) is 28.4 Å². The minimum absolute atomic E-state index is 0.265. The van der Waals surface area contributed by atoms with E-state index < -0.39 is 0 Å². The molecule has 88 valence electrons. The average molecular weight is 226 g/mol. The van der Waals surface area contributed by atoms with E-state index >= 15 is 0 Å². The van der Waals surface area contributed by atoms with Gasteiger partial charge in [0.1, 0.15) is 5.56 Å². The molecule has 0 unspecified atom stereocenters. The van der Waals surface area contributed by atoms with Gasteiger partial charge in [0, 0.05) is 6.07 Å². The van der Waals surface area contributed by atoms with Crippen LogP contribution in [0.4, 0.5) is 0 Å². The summed E-state index contributed by atoms with van der Waals surface area (Å²) in [5.41, 5.74) is 0.265. The Hall–Kier alpha value is -1.91. The van der Waals surface area contributed by atoms with Gasteiger partial charge in [-0.05, 0) is 0 Å². The molecule has 0 saturated heterocycles. The Kier molecular flexibility index (Phi) is 3.99. The highest BCUT2D eigenvalue weighted by Crippen LogP contribution is 2.43. The minimum Gasteiger partial charge on any atom is -0.493 e. The normalized spacial score (nSPS) is 9.50. The van der Waals surface area contributed by atoms with Crippen molar-refractivity contribution in [2.75, 3.05) is 28.4 Å². The number of carbonyl (C=O) groups excluding carboxylic acids is 1. The Balaban J connectivity index is 3.54. The maximum Gasteiger partial charge on any atom is 0.175 e. The first-order valence-corrected chi connectivity index (χ1v) is 4.55. The van der Waals surface area contributed by atoms with E-state index in [1.807, 2.05) is 0 Å². The maximum absolute atomic E-state index is 11.0. The lowest BCUT2D eigenvalue weighted by Gasteiger charge is -2.15. The number of hydrogen-bond acceptors (Lipinski definition) is 5. The van der Waals surface area contributed by atoms with E-state index in [0.717, 1.165) is 0 Å². The van der Waals surface area contributed by atoms with Gasteiger partial charge >= 0.3 is 0 Å². The molecular formula is C11H14O5. The molecule has 0 heterocycles. The molecule has 1 rings (SSSR count). The van der Waals surface area contributed by atoms with Crippen LogP contribution in [0.2, 0.25) is 0 Å². The van der Waals surface area contributed by atoms with Crippen LogP contribution in [-0.2, 0) is 0 Å². The van der Waals surface area contributed by atoms with Crippen molar-refractivity contribution in [2.45, 2.75) is 0 Å². The van der Waals surface area contributed by atoms with Crippen LogP contribution < -0.4 is 18.9 Å². The third-order valence-electron chi connectivity index (χ3n) is 2.16. The van der Waals surface area contributed by atoms with Crippen LogP contribution in [0.15, 0.2) is 6.07 Å². The molecule has 5 heteroatoms. The fourth-order valence-electron chi connectivity index (χ4n) is 1.45. The maximum atomic E-state index is 11.0. The van der Waals surface area contributed by atoms with Gasteiger partial charge in [0.15, 0.2) is 29.3 Å². The molecule has 0 aromatic heterocycles. The molecule has 0 atom stereocenters. The monoisotopic (exact) mass is 226 g/mol. The SMILES string of the molecule is COc1cc(OC)c(OC)c(C=O)c1OC. The van der Waals surface area contributed by atoms with Crippen LogP contribution in [0.3, 0.4) is 0 Å². The predicted octanol–water partition coefficient (Wildman–Crippen LogP) is 1.53. The van der Waals surface area contributed by atoms with Crippen molar-refractivity contribution in [1.29, 1.82) is 0 Å². The summed E-state index contributed by atoms with van der Waals surface area (Å²) < 4.78 is 20.4. The smallest absolute Gasteiger partial charge is 0.175 e. The Morgan fingerprint density at radius 2 is 1.31 bits per heavy atom. The molecule has 0 radical (unpaired) electrons. The van der Waals surface area contributed by atoms with Crippen LogP contribution in [0.25, 0.3) is 0 Å². The number of carbonyl (C=O) groups is 1. The second-order valence-corrected chi connectivity index (χ2v) is 2.88. The van der Waals surface area contributed by atoms with Gasteiger partial charge in [0.2, 0.25) is 0 Å². The van der Waals surface area contributed by atoms with Gasteiger partial charge in [0.05, 0.1) is 28.4 Å². The van der Waals surface area contributed by atoms with E-state index in [1.54, 1.807) is 6.07 Å². The van der Waals surface area contributed by atoms with Crippen molar-refractivity contribution in [3.05, 3.63) is 11.6 Å². The molecule has 0 aliphatic heterocycles. The van der Waals surface area contributed by atoms with Crippen molar-refractivity contribution in [3.63, 3.8) is 0 Å². The molecule has 16 heavy (non-hydrogen) atoms. The zero-order chi connectivity index (χ0) is 12.1. The van der Waals surface area contributed by atoms with Crippen molar-refractivity contribution >= 4 is 6.29 Å². The number of methoxy groups -OCH3 is 4. The quantitative estimate of drug-likeness (QED) is 0.713. The molecule has 1 aromatic rings. The summed E-state index contributed by atoms with van der Waals surface area (Å²) in [7, 11) is 5.88. The summed E-state index contributed by atoms with van der Waals surface area (Å²) in [4.78, 5) is 11.0. The molecule has 0 bridgehead atoms. The van der Waals surface area contributed by atoms with Gasteiger partial charge in [-0.2, -0.15) is 0 Å². The highest BCUT2D eigenvalue weighted by atomic mass is 16.5. The number of hydrogen-bond donors (Lipinski definition) is 0. The standard InChI is InChI=1S/C11H14O5/c1-13-8-5-9(14-2)11(16-4)7(6-12)10(8)15-3/h5-6H,1-4H3. The molecule has 0 saturated carbocycles. The van der Waals surface area contributed by atoms with Gasteiger partial charge in [-0.3, -0.25) is 4.79 Å². The zero-order valence-electron chi connectivity index (χ0n) is 9.70. The van der Waals surface area contributed by atoms with Gasteiger partial charge < -0.3 is 18.9 Å². The van der Waals surface area contributed by atoms with Gasteiger partial charge in [-0.25, -0.2) is 0 Å². The highest BCUT2D eigenvalue weighted by molar-refractivity contribution is 5.87. The molecule has 0 aliphatic carbocycles. The molecule has 0 aliphatic rings. The average Bonchev–Trinajstić information content (AvgIpc) is 2.35. The molecule has 0 amide bonds. The van der Waals surface area contributed by atoms with Crippen molar-refractivity contribution < 1.29 is 23.7 Å². The topological polar surface area (TPSA) is 54.0 Å². The lowest BCUT2D eigenvalue weighted by Crippen LogP contribution is -2.01. The van der Waals surface area contributed by atoms with Gasteiger partial charge in [0.25, 0.3) is 0 Å². The summed E-state index contributed by atoms with van der Waals surface area (Å²) in [6.45, 7) is 0. The molecular weight excluding hydrogens is 212 g/mol. The first-order valence-electron chi connectivity index (χ1n) is 4.55. The Morgan fingerprint density at radius 1 is 0.875 bits per heavy atom.